The van der Waals surface area contributed by atoms with E-state index in [4.69, 9.17) is 0 Å². The van der Waals surface area contributed by atoms with E-state index in [2.05, 4.69) is 6.07 Å². The van der Waals surface area contributed by atoms with Gasteiger partial charge in [-0.25, -0.2) is 13.2 Å². The molecule has 0 aliphatic rings. The fraction of sp³-hybridized carbons (Fsp3) is 0.0769. The molecule has 0 fully saturated rings. The number of rotatable bonds is 1. The van der Waals surface area contributed by atoms with Crippen LogP contribution in [0.2, 0.25) is 0 Å². The SMILES string of the molecule is Fc1cc(F)c(-c2[c]cccc2C(F)(F)F)c(F)c1. The largest absolute Gasteiger partial charge is 0.417 e. The van der Waals surface area contributed by atoms with Crippen molar-refractivity contribution in [3.05, 3.63) is 59.4 Å². The minimum Gasteiger partial charge on any atom is -0.207 e. The summed E-state index contributed by atoms with van der Waals surface area (Å²) in [7, 11) is 0. The summed E-state index contributed by atoms with van der Waals surface area (Å²) in [6.45, 7) is 0. The third-order valence-electron chi connectivity index (χ3n) is 2.42. The van der Waals surface area contributed by atoms with E-state index in [0.29, 0.717) is 18.2 Å². The molecule has 0 saturated heterocycles. The van der Waals surface area contributed by atoms with E-state index in [1.54, 1.807) is 0 Å². The van der Waals surface area contributed by atoms with Crippen LogP contribution in [0.5, 0.6) is 0 Å². The fourth-order valence-electron chi connectivity index (χ4n) is 1.66. The van der Waals surface area contributed by atoms with Gasteiger partial charge in [-0.15, -0.1) is 0 Å². The summed E-state index contributed by atoms with van der Waals surface area (Å²) < 4.78 is 78.0. The average molecular weight is 275 g/mol. The third kappa shape index (κ3) is 2.57. The molecule has 2 aromatic carbocycles. The van der Waals surface area contributed by atoms with Gasteiger partial charge >= 0.3 is 6.18 Å². The zero-order valence-electron chi connectivity index (χ0n) is 9.15. The van der Waals surface area contributed by atoms with Gasteiger partial charge in [0.15, 0.2) is 0 Å². The summed E-state index contributed by atoms with van der Waals surface area (Å²) in [6.07, 6.45) is -4.79. The second-order valence-corrected chi connectivity index (χ2v) is 3.70. The standard InChI is InChI=1S/C13H5F6/c14-7-5-10(15)12(11(16)6-7)8-3-1-2-4-9(8)13(17,18)19/h1-2,4-6H. The highest BCUT2D eigenvalue weighted by molar-refractivity contribution is 5.68. The number of hydrogen-bond acceptors (Lipinski definition) is 0. The van der Waals surface area contributed by atoms with Gasteiger partial charge in [0.05, 0.1) is 11.1 Å². The van der Waals surface area contributed by atoms with Crippen molar-refractivity contribution in [2.45, 2.75) is 6.18 Å². The molecule has 0 aliphatic carbocycles. The normalized spacial score (nSPS) is 11.7. The van der Waals surface area contributed by atoms with E-state index in [1.807, 2.05) is 0 Å². The molecule has 1 radical (unpaired) electrons. The van der Waals surface area contributed by atoms with Crippen LogP contribution in [0.4, 0.5) is 26.3 Å². The van der Waals surface area contributed by atoms with Gasteiger partial charge in [-0.2, -0.15) is 13.2 Å². The molecule has 0 bridgehead atoms. The lowest BCUT2D eigenvalue weighted by atomic mass is 9.98. The average Bonchev–Trinajstić information content (AvgIpc) is 2.26. The molecular formula is C13H5F6. The third-order valence-corrected chi connectivity index (χ3v) is 2.42. The van der Waals surface area contributed by atoms with Crippen molar-refractivity contribution in [3.63, 3.8) is 0 Å². The van der Waals surface area contributed by atoms with Crippen molar-refractivity contribution in [3.8, 4) is 11.1 Å². The van der Waals surface area contributed by atoms with Crippen molar-refractivity contribution in [1.29, 1.82) is 0 Å². The maximum atomic E-state index is 13.5. The zero-order valence-corrected chi connectivity index (χ0v) is 9.15. The lowest BCUT2D eigenvalue weighted by Gasteiger charge is -2.13. The maximum absolute atomic E-state index is 13.5. The van der Waals surface area contributed by atoms with Gasteiger partial charge in [0.25, 0.3) is 0 Å². The molecule has 99 valence electrons. The molecule has 0 atom stereocenters. The maximum Gasteiger partial charge on any atom is 0.417 e. The van der Waals surface area contributed by atoms with Crippen molar-refractivity contribution < 1.29 is 26.3 Å². The first-order valence-electron chi connectivity index (χ1n) is 5.03. The second-order valence-electron chi connectivity index (χ2n) is 3.70. The van der Waals surface area contributed by atoms with Crippen molar-refractivity contribution in [2.24, 2.45) is 0 Å². The Kier molecular flexibility index (Phi) is 3.26. The molecular weight excluding hydrogens is 270 g/mol. The Morgan fingerprint density at radius 3 is 2.05 bits per heavy atom. The van der Waals surface area contributed by atoms with Crippen LogP contribution < -0.4 is 0 Å². The predicted octanol–water partition coefficient (Wildman–Crippen LogP) is 4.59. The molecule has 6 heteroatoms. The molecule has 0 saturated carbocycles. The molecule has 2 aromatic rings. The Morgan fingerprint density at radius 2 is 1.53 bits per heavy atom. The van der Waals surface area contributed by atoms with Gasteiger partial charge in [-0.1, -0.05) is 12.1 Å². The lowest BCUT2D eigenvalue weighted by molar-refractivity contribution is -0.137. The summed E-state index contributed by atoms with van der Waals surface area (Å²) in [5, 5.41) is 0. The summed E-state index contributed by atoms with van der Waals surface area (Å²) >= 11 is 0. The van der Waals surface area contributed by atoms with E-state index in [-0.39, 0.29) is 0 Å². The smallest absolute Gasteiger partial charge is 0.207 e. The van der Waals surface area contributed by atoms with Crippen LogP contribution in [0.3, 0.4) is 0 Å². The van der Waals surface area contributed by atoms with Gasteiger partial charge in [-0.05, 0) is 12.1 Å². The first-order valence-corrected chi connectivity index (χ1v) is 5.03. The van der Waals surface area contributed by atoms with Crippen molar-refractivity contribution in [2.75, 3.05) is 0 Å². The summed E-state index contributed by atoms with van der Waals surface area (Å²) in [4.78, 5) is 0. The Balaban J connectivity index is 2.74. The number of halogens is 6. The van der Waals surface area contributed by atoms with Crippen LogP contribution in [0.15, 0.2) is 30.3 Å². The first-order chi connectivity index (χ1) is 8.80. The minimum atomic E-state index is -4.79. The number of alkyl halides is 3. The number of benzene rings is 2. The molecule has 0 spiro atoms. The monoisotopic (exact) mass is 275 g/mol. The topological polar surface area (TPSA) is 0 Å². The molecule has 0 aliphatic heterocycles. The van der Waals surface area contributed by atoms with Crippen LogP contribution in [0.1, 0.15) is 5.56 Å². The Hall–Kier alpha value is -1.98. The van der Waals surface area contributed by atoms with Gasteiger partial charge in [0, 0.05) is 17.7 Å². The van der Waals surface area contributed by atoms with E-state index in [0.717, 1.165) is 12.1 Å². The van der Waals surface area contributed by atoms with Gasteiger partial charge in [0.1, 0.15) is 17.5 Å². The Morgan fingerprint density at radius 1 is 0.947 bits per heavy atom. The van der Waals surface area contributed by atoms with Crippen LogP contribution >= 0.6 is 0 Å². The summed E-state index contributed by atoms with van der Waals surface area (Å²) in [5.74, 6) is -4.03. The van der Waals surface area contributed by atoms with Crippen LogP contribution in [-0.4, -0.2) is 0 Å². The van der Waals surface area contributed by atoms with Crippen molar-refractivity contribution in [1.82, 2.24) is 0 Å². The van der Waals surface area contributed by atoms with E-state index >= 15 is 0 Å². The van der Waals surface area contributed by atoms with Gasteiger partial charge in [0.2, 0.25) is 0 Å². The minimum absolute atomic E-state index is 0.319. The quantitative estimate of drug-likeness (QED) is 0.668. The molecule has 0 heterocycles. The summed E-state index contributed by atoms with van der Waals surface area (Å²) in [5.41, 5.74) is -2.97. The molecule has 0 unspecified atom stereocenters. The van der Waals surface area contributed by atoms with E-state index in [9.17, 15) is 26.3 Å². The first kappa shape index (κ1) is 13.5. The second kappa shape index (κ2) is 4.60. The van der Waals surface area contributed by atoms with E-state index < -0.39 is 40.3 Å². The highest BCUT2D eigenvalue weighted by atomic mass is 19.4. The molecule has 0 amide bonds. The molecule has 0 aromatic heterocycles. The molecule has 19 heavy (non-hydrogen) atoms. The van der Waals surface area contributed by atoms with Crippen LogP contribution in [0, 0.1) is 23.5 Å². The number of hydrogen-bond donors (Lipinski definition) is 0. The van der Waals surface area contributed by atoms with Gasteiger partial charge < -0.3 is 0 Å². The van der Waals surface area contributed by atoms with E-state index in [1.165, 1.54) is 0 Å². The Labute approximate surface area is 104 Å². The van der Waals surface area contributed by atoms with Crippen LogP contribution in [0.25, 0.3) is 11.1 Å². The molecule has 2 rings (SSSR count). The fourth-order valence-corrected chi connectivity index (χ4v) is 1.66. The molecule has 0 nitrogen and oxygen atoms in total. The van der Waals surface area contributed by atoms with Crippen LogP contribution in [-0.2, 0) is 6.18 Å². The highest BCUT2D eigenvalue weighted by Gasteiger charge is 2.34. The van der Waals surface area contributed by atoms with Crippen molar-refractivity contribution >= 4 is 0 Å². The van der Waals surface area contributed by atoms with Gasteiger partial charge in [-0.3, -0.25) is 0 Å². The summed E-state index contributed by atoms with van der Waals surface area (Å²) in [6, 6.07) is 5.59. The molecule has 0 N–H and O–H groups in total. The Bertz CT molecular complexity index is 592. The predicted molar refractivity (Wildman–Crippen MR) is 55.6 cm³/mol. The zero-order chi connectivity index (χ0) is 14.2. The lowest BCUT2D eigenvalue weighted by Crippen LogP contribution is -2.08. The highest BCUT2D eigenvalue weighted by Crippen LogP contribution is 2.38.